The first kappa shape index (κ1) is 15.8. The lowest BCUT2D eigenvalue weighted by Gasteiger charge is -2.42. The van der Waals surface area contributed by atoms with Gasteiger partial charge in [0.25, 0.3) is 0 Å². The van der Waals surface area contributed by atoms with Gasteiger partial charge in [0.15, 0.2) is 0 Å². The third kappa shape index (κ3) is 3.62. The molecule has 0 amide bonds. The Balaban J connectivity index is 1.52. The summed E-state index contributed by atoms with van der Waals surface area (Å²) in [4.78, 5) is 0. The quantitative estimate of drug-likeness (QED) is 0.863. The molecule has 3 heteroatoms. The van der Waals surface area contributed by atoms with E-state index in [1.807, 2.05) is 0 Å². The van der Waals surface area contributed by atoms with Gasteiger partial charge in [-0.1, -0.05) is 32.6 Å². The van der Waals surface area contributed by atoms with Crippen LogP contribution in [0.2, 0.25) is 0 Å². The van der Waals surface area contributed by atoms with Gasteiger partial charge in [0.2, 0.25) is 0 Å². The lowest BCUT2D eigenvalue weighted by molar-refractivity contribution is -0.104. The van der Waals surface area contributed by atoms with Crippen LogP contribution in [-0.2, 0) is 9.47 Å². The summed E-state index contributed by atoms with van der Waals surface area (Å²) in [6, 6.07) is 0.383. The highest BCUT2D eigenvalue weighted by Gasteiger charge is 2.43. The van der Waals surface area contributed by atoms with Crippen LogP contribution in [0, 0.1) is 17.8 Å². The Labute approximate surface area is 129 Å². The zero-order valence-corrected chi connectivity index (χ0v) is 13.7. The van der Waals surface area contributed by atoms with E-state index in [1.165, 1.54) is 38.5 Å². The molecule has 1 saturated carbocycles. The van der Waals surface area contributed by atoms with Crippen molar-refractivity contribution in [1.29, 1.82) is 0 Å². The van der Waals surface area contributed by atoms with E-state index in [9.17, 15) is 0 Å². The lowest BCUT2D eigenvalue weighted by Crippen LogP contribution is -2.48. The Hall–Kier alpha value is -0.120. The van der Waals surface area contributed by atoms with Crippen LogP contribution in [0.1, 0.15) is 64.7 Å². The SMILES string of the molecule is CCCC1CCC(C(N)C2CCOC3(CCOC3)C2)CC1. The molecule has 3 fully saturated rings. The van der Waals surface area contributed by atoms with Gasteiger partial charge >= 0.3 is 0 Å². The first-order valence-electron chi connectivity index (χ1n) is 9.20. The average molecular weight is 295 g/mol. The van der Waals surface area contributed by atoms with E-state index in [0.29, 0.717) is 12.0 Å². The molecule has 3 nitrogen and oxygen atoms in total. The topological polar surface area (TPSA) is 44.5 Å². The molecule has 0 radical (unpaired) electrons. The fourth-order valence-corrected chi connectivity index (χ4v) is 4.91. The summed E-state index contributed by atoms with van der Waals surface area (Å²) in [6.45, 7) is 4.85. The monoisotopic (exact) mass is 295 g/mol. The van der Waals surface area contributed by atoms with Crippen LogP contribution in [0.5, 0.6) is 0 Å². The minimum atomic E-state index is 0.0138. The number of hydrogen-bond donors (Lipinski definition) is 1. The van der Waals surface area contributed by atoms with Crippen LogP contribution in [0.4, 0.5) is 0 Å². The predicted molar refractivity (Wildman–Crippen MR) is 85.2 cm³/mol. The van der Waals surface area contributed by atoms with Crippen molar-refractivity contribution in [2.75, 3.05) is 19.8 Å². The number of ether oxygens (including phenoxy) is 2. The molecule has 3 unspecified atom stereocenters. The summed E-state index contributed by atoms with van der Waals surface area (Å²) < 4.78 is 11.6. The Morgan fingerprint density at radius 3 is 2.57 bits per heavy atom. The first-order chi connectivity index (χ1) is 10.2. The predicted octanol–water partition coefficient (Wildman–Crippen LogP) is 3.51. The summed E-state index contributed by atoms with van der Waals surface area (Å²) in [5, 5.41) is 0. The smallest absolute Gasteiger partial charge is 0.0939 e. The fourth-order valence-electron chi connectivity index (χ4n) is 4.91. The van der Waals surface area contributed by atoms with Crippen molar-refractivity contribution in [3.8, 4) is 0 Å². The maximum absolute atomic E-state index is 6.70. The average Bonchev–Trinajstić information content (AvgIpc) is 2.95. The second-order valence-electron chi connectivity index (χ2n) is 7.73. The molecule has 2 saturated heterocycles. The third-order valence-electron chi connectivity index (χ3n) is 6.28. The Morgan fingerprint density at radius 2 is 1.90 bits per heavy atom. The molecule has 3 aliphatic rings. The van der Waals surface area contributed by atoms with Gasteiger partial charge in [-0.2, -0.15) is 0 Å². The summed E-state index contributed by atoms with van der Waals surface area (Å²) in [5.74, 6) is 2.37. The van der Waals surface area contributed by atoms with Gasteiger partial charge in [0.05, 0.1) is 12.2 Å². The standard InChI is InChI=1S/C18H33NO2/c1-2-3-14-4-6-15(7-5-14)17(19)16-8-10-21-18(12-16)9-11-20-13-18/h14-17H,2-13,19H2,1H3. The summed E-state index contributed by atoms with van der Waals surface area (Å²) in [6.07, 6.45) is 11.6. The summed E-state index contributed by atoms with van der Waals surface area (Å²) >= 11 is 0. The van der Waals surface area contributed by atoms with Gasteiger partial charge in [-0.25, -0.2) is 0 Å². The van der Waals surface area contributed by atoms with Gasteiger partial charge in [-0.15, -0.1) is 0 Å². The van der Waals surface area contributed by atoms with E-state index in [0.717, 1.165) is 50.9 Å². The van der Waals surface area contributed by atoms with Crippen LogP contribution in [0.15, 0.2) is 0 Å². The molecule has 0 aromatic heterocycles. The van der Waals surface area contributed by atoms with Crippen molar-refractivity contribution in [2.24, 2.45) is 23.5 Å². The van der Waals surface area contributed by atoms with E-state index in [2.05, 4.69) is 6.92 Å². The highest BCUT2D eigenvalue weighted by Crippen LogP contribution is 2.41. The first-order valence-corrected chi connectivity index (χ1v) is 9.20. The van der Waals surface area contributed by atoms with Crippen molar-refractivity contribution in [2.45, 2.75) is 76.4 Å². The molecule has 2 N–H and O–H groups in total. The fraction of sp³-hybridized carbons (Fsp3) is 1.00. The number of nitrogens with two attached hydrogens (primary N) is 1. The Morgan fingerprint density at radius 1 is 1.10 bits per heavy atom. The van der Waals surface area contributed by atoms with Gasteiger partial charge in [0.1, 0.15) is 0 Å². The molecule has 1 spiro atoms. The normalized spacial score (nSPS) is 42.3. The molecule has 21 heavy (non-hydrogen) atoms. The summed E-state index contributed by atoms with van der Waals surface area (Å²) in [5.41, 5.74) is 6.71. The molecule has 3 atom stereocenters. The van der Waals surface area contributed by atoms with Crippen molar-refractivity contribution in [3.05, 3.63) is 0 Å². The van der Waals surface area contributed by atoms with Crippen molar-refractivity contribution in [1.82, 2.24) is 0 Å². The zero-order chi connectivity index (χ0) is 14.7. The molecule has 2 aliphatic heterocycles. The van der Waals surface area contributed by atoms with E-state index >= 15 is 0 Å². The van der Waals surface area contributed by atoms with Crippen LogP contribution >= 0.6 is 0 Å². The molecule has 2 heterocycles. The minimum absolute atomic E-state index is 0.0138. The Kier molecular flexibility index (Phi) is 5.23. The largest absolute Gasteiger partial charge is 0.378 e. The second kappa shape index (κ2) is 6.97. The molecule has 0 bridgehead atoms. The number of hydrogen-bond acceptors (Lipinski definition) is 3. The van der Waals surface area contributed by atoms with Crippen LogP contribution < -0.4 is 5.73 Å². The maximum Gasteiger partial charge on any atom is 0.0939 e. The van der Waals surface area contributed by atoms with Crippen LogP contribution in [0.3, 0.4) is 0 Å². The highest BCUT2D eigenvalue weighted by atomic mass is 16.6. The molecule has 0 aromatic rings. The molecule has 122 valence electrons. The maximum atomic E-state index is 6.70. The zero-order valence-electron chi connectivity index (χ0n) is 13.7. The molecular weight excluding hydrogens is 262 g/mol. The minimum Gasteiger partial charge on any atom is -0.378 e. The van der Waals surface area contributed by atoms with Crippen molar-refractivity contribution >= 4 is 0 Å². The second-order valence-corrected chi connectivity index (χ2v) is 7.73. The van der Waals surface area contributed by atoms with Crippen molar-refractivity contribution < 1.29 is 9.47 Å². The van der Waals surface area contributed by atoms with Crippen molar-refractivity contribution in [3.63, 3.8) is 0 Å². The molecule has 0 aromatic carbocycles. The molecule has 3 rings (SSSR count). The number of rotatable bonds is 4. The lowest BCUT2D eigenvalue weighted by atomic mass is 9.71. The molecule has 1 aliphatic carbocycles. The van der Waals surface area contributed by atoms with Gasteiger partial charge in [-0.05, 0) is 43.4 Å². The summed E-state index contributed by atoms with van der Waals surface area (Å²) in [7, 11) is 0. The van der Waals surface area contributed by atoms with E-state index in [4.69, 9.17) is 15.2 Å². The molecular formula is C18H33NO2. The van der Waals surface area contributed by atoms with E-state index < -0.39 is 0 Å². The van der Waals surface area contributed by atoms with Gasteiger partial charge in [-0.3, -0.25) is 0 Å². The van der Waals surface area contributed by atoms with E-state index in [1.54, 1.807) is 0 Å². The van der Waals surface area contributed by atoms with Crippen LogP contribution in [-0.4, -0.2) is 31.5 Å². The van der Waals surface area contributed by atoms with Crippen LogP contribution in [0.25, 0.3) is 0 Å². The van der Waals surface area contributed by atoms with Gasteiger partial charge in [0, 0.05) is 25.7 Å². The van der Waals surface area contributed by atoms with Gasteiger partial charge < -0.3 is 15.2 Å². The third-order valence-corrected chi connectivity index (χ3v) is 6.28. The Bertz CT molecular complexity index is 319. The highest BCUT2D eigenvalue weighted by molar-refractivity contribution is 4.95. The van der Waals surface area contributed by atoms with E-state index in [-0.39, 0.29) is 5.60 Å².